The number of ether oxygens (including phenoxy) is 1. The average Bonchev–Trinajstić information content (AvgIpc) is 3.17. The zero-order valence-electron chi connectivity index (χ0n) is 18.9. The lowest BCUT2D eigenvalue weighted by molar-refractivity contribution is -0.121. The summed E-state index contributed by atoms with van der Waals surface area (Å²) in [5, 5.41) is 2.93. The number of carbonyl (C=O) groups is 3. The molecule has 7 nitrogen and oxygen atoms in total. The first kappa shape index (κ1) is 21.7. The van der Waals surface area contributed by atoms with Crippen LogP contribution in [0.15, 0.2) is 72.8 Å². The summed E-state index contributed by atoms with van der Waals surface area (Å²) in [6.45, 7) is 0.711. The van der Waals surface area contributed by atoms with Gasteiger partial charge in [0.05, 0.1) is 18.4 Å². The first-order valence-corrected chi connectivity index (χ1v) is 11.3. The molecular weight excluding hydrogens is 430 g/mol. The molecule has 0 fully saturated rings. The molecule has 0 spiro atoms. The normalized spacial score (nSPS) is 16.1. The van der Waals surface area contributed by atoms with Crippen molar-refractivity contribution in [3.63, 3.8) is 0 Å². The fourth-order valence-electron chi connectivity index (χ4n) is 4.65. The van der Waals surface area contributed by atoms with Gasteiger partial charge in [0.1, 0.15) is 11.9 Å². The molecule has 0 aromatic heterocycles. The number of fused-ring (bicyclic) bond motifs is 5. The van der Waals surface area contributed by atoms with E-state index in [1.54, 1.807) is 41.2 Å². The second-order valence-corrected chi connectivity index (χ2v) is 8.35. The van der Waals surface area contributed by atoms with Gasteiger partial charge < -0.3 is 15.0 Å². The number of nitrogens with zero attached hydrogens (tertiary/aromatic N) is 2. The summed E-state index contributed by atoms with van der Waals surface area (Å²) in [6, 6.07) is 22.2. The van der Waals surface area contributed by atoms with E-state index in [0.29, 0.717) is 29.8 Å². The summed E-state index contributed by atoms with van der Waals surface area (Å²) in [7, 11) is 1.63. The Morgan fingerprint density at radius 2 is 1.62 bits per heavy atom. The Balaban J connectivity index is 1.28. The van der Waals surface area contributed by atoms with E-state index in [9.17, 15) is 14.4 Å². The monoisotopic (exact) mass is 455 g/mol. The van der Waals surface area contributed by atoms with Crippen molar-refractivity contribution in [2.75, 3.05) is 25.1 Å². The largest absolute Gasteiger partial charge is 0.497 e. The van der Waals surface area contributed by atoms with E-state index in [-0.39, 0.29) is 30.7 Å². The Morgan fingerprint density at radius 3 is 2.38 bits per heavy atom. The molecule has 3 aromatic carbocycles. The molecule has 34 heavy (non-hydrogen) atoms. The number of anilines is 1. The van der Waals surface area contributed by atoms with Crippen LogP contribution in [0.4, 0.5) is 5.69 Å². The van der Waals surface area contributed by atoms with Crippen LogP contribution in [0.5, 0.6) is 5.75 Å². The van der Waals surface area contributed by atoms with Crippen LogP contribution in [-0.2, 0) is 11.2 Å². The maximum atomic E-state index is 13.4. The molecule has 3 aromatic rings. The molecule has 0 saturated carbocycles. The van der Waals surface area contributed by atoms with Gasteiger partial charge in [-0.15, -0.1) is 0 Å². The van der Waals surface area contributed by atoms with E-state index >= 15 is 0 Å². The van der Waals surface area contributed by atoms with Crippen LogP contribution in [0.3, 0.4) is 0 Å². The molecule has 1 N–H and O–H groups in total. The lowest BCUT2D eigenvalue weighted by atomic mass is 10.0. The fraction of sp³-hybridized carbons (Fsp3) is 0.222. The van der Waals surface area contributed by atoms with Crippen LogP contribution in [0.1, 0.15) is 44.4 Å². The van der Waals surface area contributed by atoms with Crippen LogP contribution in [0.25, 0.3) is 0 Å². The molecule has 2 heterocycles. The number of para-hydroxylation sites is 1. The zero-order chi connectivity index (χ0) is 23.7. The predicted molar refractivity (Wildman–Crippen MR) is 128 cm³/mol. The summed E-state index contributed by atoms with van der Waals surface area (Å²) >= 11 is 0. The van der Waals surface area contributed by atoms with Crippen molar-refractivity contribution in [2.45, 2.75) is 19.0 Å². The van der Waals surface area contributed by atoms with Crippen LogP contribution >= 0.6 is 0 Å². The molecule has 1 unspecified atom stereocenters. The summed E-state index contributed by atoms with van der Waals surface area (Å²) < 4.78 is 5.16. The minimum atomic E-state index is -0.543. The Bertz CT molecular complexity index is 1250. The van der Waals surface area contributed by atoms with Crippen molar-refractivity contribution in [1.82, 2.24) is 10.2 Å². The Labute approximate surface area is 197 Å². The molecular formula is C27H25N3O4. The van der Waals surface area contributed by atoms with Crippen molar-refractivity contribution in [2.24, 2.45) is 0 Å². The first-order chi connectivity index (χ1) is 16.6. The maximum Gasteiger partial charge on any atom is 0.260 e. The van der Waals surface area contributed by atoms with Crippen molar-refractivity contribution in [3.8, 4) is 5.75 Å². The number of amides is 3. The van der Waals surface area contributed by atoms with E-state index in [0.717, 1.165) is 16.9 Å². The number of methoxy groups -OCH3 is 1. The quantitative estimate of drug-likeness (QED) is 0.591. The highest BCUT2D eigenvalue weighted by Crippen LogP contribution is 2.45. The summed E-state index contributed by atoms with van der Waals surface area (Å²) in [5.41, 5.74) is 3.56. The van der Waals surface area contributed by atoms with Gasteiger partial charge in [-0.25, -0.2) is 0 Å². The standard InChI is InChI=1S/C27H25N3O4/c1-34-19-12-10-18(11-13-19)14-16-28-24(31)15-17-29-25-20-6-2-3-7-21(20)27(33)30(25)23-9-5-4-8-22(23)26(29)32/h2-13,25H,14-17H2,1H3,(H,28,31). The van der Waals surface area contributed by atoms with Crippen LogP contribution < -0.4 is 15.0 Å². The number of nitrogens with one attached hydrogen (secondary N) is 1. The van der Waals surface area contributed by atoms with Gasteiger partial charge >= 0.3 is 0 Å². The topological polar surface area (TPSA) is 79.0 Å². The van der Waals surface area contributed by atoms with Gasteiger partial charge in [-0.1, -0.05) is 42.5 Å². The third-order valence-electron chi connectivity index (χ3n) is 6.36. The van der Waals surface area contributed by atoms with Gasteiger partial charge in [0.2, 0.25) is 5.91 Å². The molecule has 172 valence electrons. The zero-order valence-corrected chi connectivity index (χ0v) is 18.9. The van der Waals surface area contributed by atoms with E-state index in [1.165, 1.54) is 0 Å². The van der Waals surface area contributed by atoms with Crippen LogP contribution in [0.2, 0.25) is 0 Å². The molecule has 5 rings (SSSR count). The van der Waals surface area contributed by atoms with Gasteiger partial charge in [-0.3, -0.25) is 19.3 Å². The minimum Gasteiger partial charge on any atom is -0.497 e. The van der Waals surface area contributed by atoms with Crippen LogP contribution in [-0.4, -0.2) is 42.8 Å². The molecule has 1 atom stereocenters. The molecule has 0 aliphatic carbocycles. The number of benzene rings is 3. The summed E-state index contributed by atoms with van der Waals surface area (Å²) in [6.07, 6.45) is 0.305. The Hall–Kier alpha value is -4.13. The predicted octanol–water partition coefficient (Wildman–Crippen LogP) is 3.56. The molecule has 0 radical (unpaired) electrons. The van der Waals surface area contributed by atoms with Crippen molar-refractivity contribution in [1.29, 1.82) is 0 Å². The van der Waals surface area contributed by atoms with Crippen LogP contribution in [0, 0.1) is 0 Å². The Morgan fingerprint density at radius 1 is 0.912 bits per heavy atom. The smallest absolute Gasteiger partial charge is 0.260 e. The average molecular weight is 456 g/mol. The van der Waals surface area contributed by atoms with Crippen molar-refractivity contribution in [3.05, 3.63) is 95.1 Å². The van der Waals surface area contributed by atoms with Gasteiger partial charge in [0.15, 0.2) is 0 Å². The molecule has 7 heteroatoms. The minimum absolute atomic E-state index is 0.130. The van der Waals surface area contributed by atoms with Crippen molar-refractivity contribution < 1.29 is 19.1 Å². The first-order valence-electron chi connectivity index (χ1n) is 11.3. The van der Waals surface area contributed by atoms with Gasteiger partial charge in [0.25, 0.3) is 11.8 Å². The van der Waals surface area contributed by atoms with E-state index in [4.69, 9.17) is 4.74 Å². The highest BCUT2D eigenvalue weighted by Gasteiger charge is 2.47. The molecule has 3 amide bonds. The van der Waals surface area contributed by atoms with E-state index in [1.807, 2.05) is 48.5 Å². The highest BCUT2D eigenvalue weighted by molar-refractivity contribution is 6.16. The van der Waals surface area contributed by atoms with E-state index in [2.05, 4.69) is 5.32 Å². The SMILES string of the molecule is COc1ccc(CCNC(=O)CCN2C(=O)c3ccccc3N3C(=O)c4ccccc4C23)cc1. The summed E-state index contributed by atoms with van der Waals surface area (Å²) in [5.74, 6) is 0.354. The highest BCUT2D eigenvalue weighted by atomic mass is 16.5. The second kappa shape index (κ2) is 9.02. The third kappa shape index (κ3) is 3.79. The third-order valence-corrected chi connectivity index (χ3v) is 6.36. The number of rotatable bonds is 7. The second-order valence-electron chi connectivity index (χ2n) is 8.35. The Kier molecular flexibility index (Phi) is 5.76. The molecule has 2 aliphatic rings. The lowest BCUT2D eigenvalue weighted by Crippen LogP contribution is -2.49. The molecule has 0 saturated heterocycles. The van der Waals surface area contributed by atoms with Crippen molar-refractivity contribution >= 4 is 23.4 Å². The van der Waals surface area contributed by atoms with Gasteiger partial charge in [0, 0.05) is 30.6 Å². The number of hydrogen-bond acceptors (Lipinski definition) is 4. The number of hydrogen-bond donors (Lipinski definition) is 1. The van der Waals surface area contributed by atoms with E-state index < -0.39 is 6.17 Å². The van der Waals surface area contributed by atoms with Gasteiger partial charge in [-0.05, 0) is 42.3 Å². The molecule has 0 bridgehead atoms. The van der Waals surface area contributed by atoms with Gasteiger partial charge in [-0.2, -0.15) is 0 Å². The maximum absolute atomic E-state index is 13.4. The number of carbonyl (C=O) groups excluding carboxylic acids is 3. The lowest BCUT2D eigenvalue weighted by Gasteiger charge is -2.40. The summed E-state index contributed by atoms with van der Waals surface area (Å²) in [4.78, 5) is 42.5. The fourth-order valence-corrected chi connectivity index (χ4v) is 4.65. The molecule has 2 aliphatic heterocycles.